The lowest BCUT2D eigenvalue weighted by molar-refractivity contribution is -0.143. The second kappa shape index (κ2) is 64.1. The molecule has 440 valence electrons. The standard InChI is InChI=1S/C68H133NO5/c1-3-5-7-9-11-13-15-17-19-20-21-24-27-30-33-36-40-44-48-52-56-60-66(71)65(64-70)69-67(72)61-57-53-49-45-41-37-34-31-28-25-22-23-26-29-32-35-39-43-47-51-55-59-63-74-68(73)62-58-54-50-46-42-38-18-16-14-12-10-8-6-4-2/h16,18,65-66,70-71H,3-15,17,19-64H2,1-2H3,(H,69,72)/b18-16-. The van der Waals surface area contributed by atoms with Crippen LogP contribution in [0.15, 0.2) is 12.2 Å². The number of nitrogens with one attached hydrogen (secondary N) is 1. The quantitative estimate of drug-likeness (QED) is 0.0320. The Balaban J connectivity index is 3.38. The highest BCUT2D eigenvalue weighted by atomic mass is 16.5. The number of hydrogen-bond acceptors (Lipinski definition) is 5. The smallest absolute Gasteiger partial charge is 0.305 e. The molecular weight excluding hydrogens is 911 g/mol. The average molecular weight is 1040 g/mol. The van der Waals surface area contributed by atoms with E-state index in [0.717, 1.165) is 44.9 Å². The first-order chi connectivity index (χ1) is 36.5. The highest BCUT2D eigenvalue weighted by Gasteiger charge is 2.20. The van der Waals surface area contributed by atoms with E-state index in [2.05, 4.69) is 31.3 Å². The molecule has 0 aliphatic rings. The van der Waals surface area contributed by atoms with Gasteiger partial charge in [-0.25, -0.2) is 0 Å². The summed E-state index contributed by atoms with van der Waals surface area (Å²) < 4.78 is 5.48. The van der Waals surface area contributed by atoms with Crippen molar-refractivity contribution >= 4 is 11.9 Å². The summed E-state index contributed by atoms with van der Waals surface area (Å²) >= 11 is 0. The molecule has 0 aromatic rings. The maximum atomic E-state index is 12.5. The van der Waals surface area contributed by atoms with E-state index < -0.39 is 12.1 Å². The van der Waals surface area contributed by atoms with E-state index in [1.165, 1.54) is 308 Å². The molecule has 0 saturated heterocycles. The number of hydrogen-bond donors (Lipinski definition) is 3. The van der Waals surface area contributed by atoms with Gasteiger partial charge in [-0.1, -0.05) is 334 Å². The number of rotatable bonds is 64. The molecule has 0 saturated carbocycles. The van der Waals surface area contributed by atoms with Crippen LogP contribution < -0.4 is 5.32 Å². The van der Waals surface area contributed by atoms with Crippen LogP contribution in [0, 0.1) is 0 Å². The molecule has 0 bridgehead atoms. The summed E-state index contributed by atoms with van der Waals surface area (Å²) in [6, 6.07) is -0.542. The summed E-state index contributed by atoms with van der Waals surface area (Å²) in [4.78, 5) is 24.6. The minimum atomic E-state index is -0.665. The van der Waals surface area contributed by atoms with E-state index in [1.807, 2.05) is 0 Å². The number of carbonyl (C=O) groups excluding carboxylic acids is 2. The first kappa shape index (κ1) is 72.6. The second-order valence-corrected chi connectivity index (χ2v) is 23.5. The fourth-order valence-electron chi connectivity index (χ4n) is 10.9. The van der Waals surface area contributed by atoms with Crippen molar-refractivity contribution in [1.29, 1.82) is 0 Å². The molecule has 6 heteroatoms. The van der Waals surface area contributed by atoms with Crippen LogP contribution in [-0.2, 0) is 14.3 Å². The van der Waals surface area contributed by atoms with Gasteiger partial charge < -0.3 is 20.3 Å². The zero-order valence-corrected chi connectivity index (χ0v) is 50.4. The first-order valence-electron chi connectivity index (χ1n) is 33.9. The summed E-state index contributed by atoms with van der Waals surface area (Å²) in [5.74, 6) is -0.0248. The van der Waals surface area contributed by atoms with Crippen LogP contribution >= 0.6 is 0 Å². The fourth-order valence-corrected chi connectivity index (χ4v) is 10.9. The van der Waals surface area contributed by atoms with Gasteiger partial charge in [0, 0.05) is 12.8 Å². The molecule has 1 amide bonds. The predicted molar refractivity (Wildman–Crippen MR) is 324 cm³/mol. The van der Waals surface area contributed by atoms with E-state index in [0.29, 0.717) is 25.9 Å². The molecule has 6 nitrogen and oxygen atoms in total. The van der Waals surface area contributed by atoms with Crippen LogP contribution in [0.2, 0.25) is 0 Å². The minimum Gasteiger partial charge on any atom is -0.466 e. The number of aliphatic hydroxyl groups is 2. The molecular formula is C68H133NO5. The van der Waals surface area contributed by atoms with Crippen LogP contribution in [0.1, 0.15) is 386 Å². The molecule has 3 N–H and O–H groups in total. The van der Waals surface area contributed by atoms with Gasteiger partial charge in [0.1, 0.15) is 0 Å². The van der Waals surface area contributed by atoms with Crippen LogP contribution in [0.4, 0.5) is 0 Å². The largest absolute Gasteiger partial charge is 0.466 e. The number of ether oxygens (including phenoxy) is 1. The lowest BCUT2D eigenvalue weighted by atomic mass is 10.0. The zero-order valence-electron chi connectivity index (χ0n) is 50.4. The number of allylic oxidation sites excluding steroid dienone is 2. The van der Waals surface area contributed by atoms with Gasteiger partial charge in [0.15, 0.2) is 0 Å². The van der Waals surface area contributed by atoms with E-state index in [4.69, 9.17) is 4.74 Å². The van der Waals surface area contributed by atoms with Crippen molar-refractivity contribution < 1.29 is 24.5 Å². The Morgan fingerprint density at radius 2 is 0.635 bits per heavy atom. The van der Waals surface area contributed by atoms with Gasteiger partial charge in [-0.15, -0.1) is 0 Å². The summed E-state index contributed by atoms with van der Waals surface area (Å²) in [6.07, 6.45) is 78.1. The summed E-state index contributed by atoms with van der Waals surface area (Å²) in [5, 5.41) is 23.4. The van der Waals surface area contributed by atoms with Crippen molar-refractivity contribution in [2.24, 2.45) is 0 Å². The maximum Gasteiger partial charge on any atom is 0.305 e. The Labute approximate surface area is 463 Å². The van der Waals surface area contributed by atoms with Crippen molar-refractivity contribution in [2.45, 2.75) is 398 Å². The predicted octanol–water partition coefficient (Wildman–Crippen LogP) is 21.6. The van der Waals surface area contributed by atoms with Gasteiger partial charge in [0.25, 0.3) is 0 Å². The van der Waals surface area contributed by atoms with Gasteiger partial charge in [-0.2, -0.15) is 0 Å². The van der Waals surface area contributed by atoms with E-state index >= 15 is 0 Å². The lowest BCUT2D eigenvalue weighted by Gasteiger charge is -2.22. The Morgan fingerprint density at radius 1 is 0.365 bits per heavy atom. The molecule has 0 aromatic carbocycles. The normalized spacial score (nSPS) is 12.5. The highest BCUT2D eigenvalue weighted by Crippen LogP contribution is 2.19. The summed E-state index contributed by atoms with van der Waals surface area (Å²) in [6.45, 7) is 4.98. The van der Waals surface area contributed by atoms with E-state index in [9.17, 15) is 19.8 Å². The Hall–Kier alpha value is -1.40. The summed E-state index contributed by atoms with van der Waals surface area (Å²) in [7, 11) is 0. The molecule has 0 rings (SSSR count). The van der Waals surface area contributed by atoms with E-state index in [1.54, 1.807) is 0 Å². The molecule has 0 spiro atoms. The van der Waals surface area contributed by atoms with Crippen molar-refractivity contribution in [3.05, 3.63) is 12.2 Å². The van der Waals surface area contributed by atoms with Gasteiger partial charge in [0.2, 0.25) is 5.91 Å². The average Bonchev–Trinajstić information content (AvgIpc) is 3.40. The molecule has 74 heavy (non-hydrogen) atoms. The molecule has 2 atom stereocenters. The monoisotopic (exact) mass is 1040 g/mol. The lowest BCUT2D eigenvalue weighted by Crippen LogP contribution is -2.45. The van der Waals surface area contributed by atoms with Crippen molar-refractivity contribution in [1.82, 2.24) is 5.32 Å². The third-order valence-corrected chi connectivity index (χ3v) is 16.1. The number of amides is 1. The summed E-state index contributed by atoms with van der Waals surface area (Å²) in [5.41, 5.74) is 0. The molecule has 0 aliphatic heterocycles. The zero-order chi connectivity index (χ0) is 53.6. The van der Waals surface area contributed by atoms with E-state index in [-0.39, 0.29) is 18.5 Å². The topological polar surface area (TPSA) is 95.9 Å². The van der Waals surface area contributed by atoms with Crippen molar-refractivity contribution in [3.8, 4) is 0 Å². The molecule has 0 heterocycles. The maximum absolute atomic E-state index is 12.5. The third-order valence-electron chi connectivity index (χ3n) is 16.1. The second-order valence-electron chi connectivity index (χ2n) is 23.5. The first-order valence-corrected chi connectivity index (χ1v) is 33.9. The van der Waals surface area contributed by atoms with Crippen LogP contribution in [-0.4, -0.2) is 47.4 Å². The molecule has 0 aliphatic carbocycles. The minimum absolute atomic E-state index is 0.00584. The van der Waals surface area contributed by atoms with Crippen LogP contribution in [0.5, 0.6) is 0 Å². The Morgan fingerprint density at radius 3 is 0.959 bits per heavy atom. The SMILES string of the molecule is CCCCCCC/C=C\CCCCCCCC(=O)OCCCCCCCCCCCCCCCCCCCCCCCCC(=O)NC(CO)C(O)CCCCCCCCCCCCCCCCCCCCCCC. The van der Waals surface area contributed by atoms with Gasteiger partial charge in [0.05, 0.1) is 25.4 Å². The van der Waals surface area contributed by atoms with Crippen LogP contribution in [0.25, 0.3) is 0 Å². The molecule has 0 radical (unpaired) electrons. The number of esters is 1. The number of carbonyl (C=O) groups is 2. The highest BCUT2D eigenvalue weighted by molar-refractivity contribution is 5.76. The molecule has 0 aromatic heterocycles. The molecule has 2 unspecified atom stereocenters. The van der Waals surface area contributed by atoms with Gasteiger partial charge >= 0.3 is 5.97 Å². The van der Waals surface area contributed by atoms with Crippen molar-refractivity contribution in [2.75, 3.05) is 13.2 Å². The van der Waals surface area contributed by atoms with Crippen LogP contribution in [0.3, 0.4) is 0 Å². The number of unbranched alkanes of at least 4 members (excludes halogenated alkanes) is 51. The number of aliphatic hydroxyl groups excluding tert-OH is 2. The fraction of sp³-hybridized carbons (Fsp3) is 0.941. The van der Waals surface area contributed by atoms with Crippen molar-refractivity contribution in [3.63, 3.8) is 0 Å². The third kappa shape index (κ3) is 59.8. The Kier molecular flexibility index (Phi) is 62.9. The molecule has 0 fully saturated rings. The van der Waals surface area contributed by atoms with Gasteiger partial charge in [-0.05, 0) is 51.4 Å². The van der Waals surface area contributed by atoms with Gasteiger partial charge in [-0.3, -0.25) is 9.59 Å². The Bertz CT molecular complexity index is 1110.